The van der Waals surface area contributed by atoms with Crippen LogP contribution in [0.2, 0.25) is 0 Å². The molecule has 6 rings (SSSR count). The Morgan fingerprint density at radius 3 is 2.53 bits per heavy atom. The molecule has 8 nitrogen and oxygen atoms in total. The molecule has 0 unspecified atom stereocenters. The van der Waals surface area contributed by atoms with Gasteiger partial charge in [0.1, 0.15) is 22.8 Å². The number of benzene rings is 2. The number of para-hydroxylation sites is 1. The molecule has 0 saturated heterocycles. The van der Waals surface area contributed by atoms with E-state index in [2.05, 4.69) is 15.1 Å². The lowest BCUT2D eigenvalue weighted by Gasteiger charge is -2.17. The second kappa shape index (κ2) is 7.86. The molecule has 0 aliphatic carbocycles. The van der Waals surface area contributed by atoms with Gasteiger partial charge in [-0.05, 0) is 52.0 Å². The van der Waals surface area contributed by atoms with E-state index in [0.29, 0.717) is 28.7 Å². The van der Waals surface area contributed by atoms with E-state index in [1.54, 1.807) is 27.2 Å². The van der Waals surface area contributed by atoms with Crippen molar-refractivity contribution in [2.24, 2.45) is 0 Å². The predicted octanol–water partition coefficient (Wildman–Crippen LogP) is 5.83. The van der Waals surface area contributed by atoms with E-state index in [1.165, 1.54) is 0 Å². The van der Waals surface area contributed by atoms with E-state index in [1.807, 2.05) is 56.3 Å². The molecule has 0 spiro atoms. The highest BCUT2D eigenvalue weighted by molar-refractivity contribution is 6.15. The van der Waals surface area contributed by atoms with Gasteiger partial charge in [-0.25, -0.2) is 9.97 Å². The highest BCUT2D eigenvalue weighted by atomic mass is 16.5. The van der Waals surface area contributed by atoms with Crippen LogP contribution >= 0.6 is 0 Å². The van der Waals surface area contributed by atoms with Gasteiger partial charge in [0.15, 0.2) is 5.82 Å². The maximum absolute atomic E-state index is 10.8. The number of methoxy groups -OCH3 is 1. The zero-order chi connectivity index (χ0) is 25.2. The summed E-state index contributed by atoms with van der Waals surface area (Å²) >= 11 is 0. The minimum atomic E-state index is -1.23. The van der Waals surface area contributed by atoms with E-state index in [0.717, 1.165) is 49.6 Å². The topological polar surface area (TPSA) is 110 Å². The molecule has 0 fully saturated rings. The van der Waals surface area contributed by atoms with Gasteiger partial charge in [-0.1, -0.05) is 23.4 Å². The first kappa shape index (κ1) is 22.2. The molecular formula is C28H25N5O3. The number of aryl methyl sites for hydroxylation is 2. The quantitative estimate of drug-likeness (QED) is 0.327. The molecule has 0 bridgehead atoms. The number of fused-ring (bicyclic) bond motifs is 4. The van der Waals surface area contributed by atoms with Crippen molar-refractivity contribution in [1.82, 2.24) is 25.1 Å². The number of ether oxygens (including phenoxy) is 1. The van der Waals surface area contributed by atoms with E-state index in [9.17, 15) is 5.11 Å². The van der Waals surface area contributed by atoms with Crippen molar-refractivity contribution in [1.29, 1.82) is 0 Å². The number of pyridine rings is 1. The Kier molecular flexibility index (Phi) is 4.84. The summed E-state index contributed by atoms with van der Waals surface area (Å²) in [7, 11) is 1.65. The monoisotopic (exact) mass is 479 g/mol. The van der Waals surface area contributed by atoms with Gasteiger partial charge in [0, 0.05) is 33.6 Å². The molecule has 0 amide bonds. The maximum atomic E-state index is 10.8. The first-order valence-corrected chi connectivity index (χ1v) is 11.7. The molecule has 8 heteroatoms. The third-order valence-corrected chi connectivity index (χ3v) is 6.53. The van der Waals surface area contributed by atoms with Crippen molar-refractivity contribution in [3.05, 3.63) is 65.9 Å². The summed E-state index contributed by atoms with van der Waals surface area (Å²) < 4.78 is 11.2. The first-order chi connectivity index (χ1) is 17.3. The number of nitrogens with one attached hydrogen (secondary N) is 1. The number of hydrogen-bond donors (Lipinski definition) is 2. The van der Waals surface area contributed by atoms with Gasteiger partial charge in [0.25, 0.3) is 0 Å². The fraction of sp³-hybridized carbons (Fsp3) is 0.214. The highest BCUT2D eigenvalue weighted by Gasteiger charge is 2.26. The summed E-state index contributed by atoms with van der Waals surface area (Å²) in [6.07, 6.45) is 1.78. The van der Waals surface area contributed by atoms with Crippen LogP contribution in [0.25, 0.3) is 55.2 Å². The van der Waals surface area contributed by atoms with Crippen LogP contribution in [0.15, 0.2) is 53.2 Å². The Hall–Kier alpha value is -4.30. The predicted molar refractivity (Wildman–Crippen MR) is 139 cm³/mol. The Labute approximate surface area is 207 Å². The second-order valence-corrected chi connectivity index (χ2v) is 9.48. The average Bonchev–Trinajstić information content (AvgIpc) is 3.39. The molecule has 2 N–H and O–H groups in total. The average molecular weight is 480 g/mol. The summed E-state index contributed by atoms with van der Waals surface area (Å²) in [5, 5.41) is 17.7. The number of H-pyrrole nitrogens is 1. The summed E-state index contributed by atoms with van der Waals surface area (Å²) in [5.74, 6) is 1.74. The van der Waals surface area contributed by atoms with Crippen LogP contribution in [0, 0.1) is 13.8 Å². The van der Waals surface area contributed by atoms with Crippen molar-refractivity contribution in [2.75, 3.05) is 7.11 Å². The molecule has 6 aromatic rings. The molecule has 36 heavy (non-hydrogen) atoms. The molecule has 0 radical (unpaired) electrons. The van der Waals surface area contributed by atoms with Crippen LogP contribution in [0.3, 0.4) is 0 Å². The van der Waals surface area contributed by atoms with Crippen LogP contribution < -0.4 is 4.74 Å². The normalized spacial score (nSPS) is 12.2. The summed E-state index contributed by atoms with van der Waals surface area (Å²) in [5.41, 5.74) is 5.31. The van der Waals surface area contributed by atoms with E-state index in [-0.39, 0.29) is 0 Å². The Morgan fingerprint density at radius 1 is 1.00 bits per heavy atom. The van der Waals surface area contributed by atoms with Crippen molar-refractivity contribution < 1.29 is 14.4 Å². The van der Waals surface area contributed by atoms with Crippen LogP contribution in [-0.2, 0) is 5.60 Å². The number of hydrogen-bond acceptors (Lipinski definition) is 7. The minimum absolute atomic E-state index is 0.329. The SMILES string of the molecule is COc1cc2c(cc1-c1c(C)noc1C)[nH]c1nc(C(C)(C)O)nc(-c3ccnc4ccccc34)c12. The van der Waals surface area contributed by atoms with Crippen molar-refractivity contribution in [3.8, 4) is 28.1 Å². The minimum Gasteiger partial charge on any atom is -0.496 e. The molecule has 0 aliphatic rings. The fourth-order valence-corrected chi connectivity index (χ4v) is 4.83. The molecule has 180 valence electrons. The maximum Gasteiger partial charge on any atom is 0.162 e. The summed E-state index contributed by atoms with van der Waals surface area (Å²) in [6.45, 7) is 7.17. The summed E-state index contributed by atoms with van der Waals surface area (Å²) in [4.78, 5) is 17.6. The first-order valence-electron chi connectivity index (χ1n) is 11.7. The smallest absolute Gasteiger partial charge is 0.162 e. The molecule has 0 saturated carbocycles. The van der Waals surface area contributed by atoms with Gasteiger partial charge in [0.05, 0.1) is 35.0 Å². The molecule has 4 aromatic heterocycles. The van der Waals surface area contributed by atoms with Gasteiger partial charge >= 0.3 is 0 Å². The largest absolute Gasteiger partial charge is 0.496 e. The Bertz CT molecular complexity index is 1770. The number of aromatic amines is 1. The zero-order valence-electron chi connectivity index (χ0n) is 20.7. The number of nitrogens with zero attached hydrogens (tertiary/aromatic N) is 4. The van der Waals surface area contributed by atoms with Crippen molar-refractivity contribution in [3.63, 3.8) is 0 Å². The van der Waals surface area contributed by atoms with E-state index in [4.69, 9.17) is 19.2 Å². The van der Waals surface area contributed by atoms with Crippen molar-refractivity contribution >= 4 is 32.8 Å². The molecule has 2 aromatic carbocycles. The zero-order valence-corrected chi connectivity index (χ0v) is 20.7. The van der Waals surface area contributed by atoms with Gasteiger partial charge in [-0.2, -0.15) is 0 Å². The lowest BCUT2D eigenvalue weighted by Crippen LogP contribution is -2.20. The molecular weight excluding hydrogens is 454 g/mol. The third-order valence-electron chi connectivity index (χ3n) is 6.53. The Morgan fingerprint density at radius 2 is 1.81 bits per heavy atom. The number of aromatic nitrogens is 5. The number of aliphatic hydroxyl groups is 1. The van der Waals surface area contributed by atoms with Gasteiger partial charge < -0.3 is 19.4 Å². The van der Waals surface area contributed by atoms with Crippen LogP contribution in [-0.4, -0.2) is 37.3 Å². The third kappa shape index (κ3) is 3.33. The molecule has 0 atom stereocenters. The standard InChI is InChI=1S/C28H25N5O3/c1-14-23(15(2)36-33-14)19-12-21-18(13-22(19)35-5)24-25(31-27(28(3,4)34)32-26(24)30-21)17-10-11-29-20-9-7-6-8-16(17)20/h6-13,34H,1-5H3,(H,30,31,32). The molecule has 0 aliphatic heterocycles. The second-order valence-electron chi connectivity index (χ2n) is 9.48. The van der Waals surface area contributed by atoms with Crippen LogP contribution in [0.5, 0.6) is 5.75 Å². The lowest BCUT2D eigenvalue weighted by atomic mass is 9.98. The highest BCUT2D eigenvalue weighted by Crippen LogP contribution is 2.42. The van der Waals surface area contributed by atoms with Gasteiger partial charge in [-0.15, -0.1) is 0 Å². The van der Waals surface area contributed by atoms with Gasteiger partial charge in [-0.3, -0.25) is 4.98 Å². The van der Waals surface area contributed by atoms with Crippen molar-refractivity contribution in [2.45, 2.75) is 33.3 Å². The summed E-state index contributed by atoms with van der Waals surface area (Å²) in [6, 6.07) is 13.9. The fourth-order valence-electron chi connectivity index (χ4n) is 4.83. The number of rotatable bonds is 4. The lowest BCUT2D eigenvalue weighted by molar-refractivity contribution is 0.0692. The van der Waals surface area contributed by atoms with Crippen LogP contribution in [0.1, 0.15) is 31.1 Å². The van der Waals surface area contributed by atoms with Gasteiger partial charge in [0.2, 0.25) is 0 Å². The van der Waals surface area contributed by atoms with Crippen LogP contribution in [0.4, 0.5) is 0 Å². The molecule has 4 heterocycles. The van der Waals surface area contributed by atoms with E-state index >= 15 is 0 Å². The Balaban J connectivity index is 1.74. The van der Waals surface area contributed by atoms with E-state index < -0.39 is 5.60 Å².